The number of nitrogen functional groups attached to an aromatic ring is 1. The summed E-state index contributed by atoms with van der Waals surface area (Å²) in [5.41, 5.74) is 5.75. The summed E-state index contributed by atoms with van der Waals surface area (Å²) in [5.74, 6) is 0.833. The predicted octanol–water partition coefficient (Wildman–Crippen LogP) is 2.86. The second kappa shape index (κ2) is 5.99. The highest BCUT2D eigenvalue weighted by Gasteiger charge is 2.21. The van der Waals surface area contributed by atoms with E-state index in [2.05, 4.69) is 15.6 Å². The third-order valence-electron chi connectivity index (χ3n) is 3.37. The summed E-state index contributed by atoms with van der Waals surface area (Å²) in [6, 6.07) is 0. The van der Waals surface area contributed by atoms with E-state index < -0.39 is 0 Å². The van der Waals surface area contributed by atoms with Gasteiger partial charge in [0.05, 0.1) is 0 Å². The van der Waals surface area contributed by atoms with Crippen molar-refractivity contribution in [2.24, 2.45) is 5.92 Å². The van der Waals surface area contributed by atoms with Crippen LogP contribution in [0.5, 0.6) is 0 Å². The van der Waals surface area contributed by atoms with Gasteiger partial charge in [0.1, 0.15) is 10.7 Å². The monoisotopic (exact) mass is 296 g/mol. The third-order valence-corrected chi connectivity index (χ3v) is 4.35. The first kappa shape index (κ1) is 15.1. The number of anilines is 2. The molecule has 1 saturated carbocycles. The summed E-state index contributed by atoms with van der Waals surface area (Å²) in [5, 5.41) is 6.92. The van der Waals surface area contributed by atoms with E-state index in [0.29, 0.717) is 21.7 Å². The van der Waals surface area contributed by atoms with Crippen LogP contribution in [0.2, 0.25) is 0 Å². The Morgan fingerprint density at radius 3 is 2.65 bits per heavy atom. The molecule has 2 rings (SSSR count). The Morgan fingerprint density at radius 1 is 1.40 bits per heavy atom. The van der Waals surface area contributed by atoms with E-state index in [0.717, 1.165) is 6.54 Å². The molecule has 1 amide bonds. The second-order valence-corrected chi connectivity index (χ2v) is 7.47. The SMILES string of the molecule is CC(C)(C)Nc1nc(N)c(C(=O)NCC2CCCC2)s1. The van der Waals surface area contributed by atoms with Gasteiger partial charge in [-0.25, -0.2) is 4.98 Å². The molecule has 0 unspecified atom stereocenters. The molecule has 6 heteroatoms. The first-order valence-electron chi connectivity index (χ1n) is 7.18. The van der Waals surface area contributed by atoms with E-state index >= 15 is 0 Å². The maximum Gasteiger partial charge on any atom is 0.265 e. The van der Waals surface area contributed by atoms with Crippen LogP contribution in [-0.4, -0.2) is 23.0 Å². The molecule has 4 N–H and O–H groups in total. The number of thiazole rings is 1. The molecule has 0 aromatic carbocycles. The lowest BCUT2D eigenvalue weighted by Gasteiger charge is -2.19. The van der Waals surface area contributed by atoms with Gasteiger partial charge in [0.25, 0.3) is 5.91 Å². The summed E-state index contributed by atoms with van der Waals surface area (Å²) < 4.78 is 0. The third kappa shape index (κ3) is 4.10. The molecule has 0 saturated heterocycles. The molecule has 5 nitrogen and oxygen atoms in total. The Labute approximate surface area is 124 Å². The van der Waals surface area contributed by atoms with Crippen molar-refractivity contribution < 1.29 is 4.79 Å². The maximum atomic E-state index is 12.2. The summed E-state index contributed by atoms with van der Waals surface area (Å²) >= 11 is 1.32. The minimum absolute atomic E-state index is 0.0954. The Morgan fingerprint density at radius 2 is 2.05 bits per heavy atom. The first-order valence-corrected chi connectivity index (χ1v) is 7.99. The minimum atomic E-state index is -0.103. The molecule has 112 valence electrons. The highest BCUT2D eigenvalue weighted by molar-refractivity contribution is 7.18. The molecule has 1 aliphatic carbocycles. The van der Waals surface area contributed by atoms with E-state index in [-0.39, 0.29) is 11.4 Å². The highest BCUT2D eigenvalue weighted by Crippen LogP contribution is 2.28. The van der Waals surface area contributed by atoms with Gasteiger partial charge in [0, 0.05) is 12.1 Å². The normalized spacial score (nSPS) is 16.4. The van der Waals surface area contributed by atoms with Crippen LogP contribution < -0.4 is 16.4 Å². The maximum absolute atomic E-state index is 12.2. The summed E-state index contributed by atoms with van der Waals surface area (Å²) in [6.07, 6.45) is 5.00. The lowest BCUT2D eigenvalue weighted by molar-refractivity contribution is 0.0952. The molecule has 1 aliphatic rings. The number of carbonyl (C=O) groups excluding carboxylic acids is 1. The smallest absolute Gasteiger partial charge is 0.265 e. The van der Waals surface area contributed by atoms with E-state index in [9.17, 15) is 4.79 Å². The summed E-state index contributed by atoms with van der Waals surface area (Å²) in [6.45, 7) is 6.89. The van der Waals surface area contributed by atoms with Gasteiger partial charge in [-0.15, -0.1) is 0 Å². The highest BCUT2D eigenvalue weighted by atomic mass is 32.1. The molecule has 0 bridgehead atoms. The molecule has 1 heterocycles. The lowest BCUT2D eigenvalue weighted by Crippen LogP contribution is -2.28. The average molecular weight is 296 g/mol. The van der Waals surface area contributed by atoms with Crippen molar-refractivity contribution in [2.45, 2.75) is 52.0 Å². The van der Waals surface area contributed by atoms with Gasteiger partial charge >= 0.3 is 0 Å². The van der Waals surface area contributed by atoms with Crippen LogP contribution in [0.1, 0.15) is 56.1 Å². The predicted molar refractivity (Wildman–Crippen MR) is 84.2 cm³/mol. The van der Waals surface area contributed by atoms with Crippen LogP contribution in [0.4, 0.5) is 10.9 Å². The molecule has 1 aromatic rings. The van der Waals surface area contributed by atoms with Gasteiger partial charge in [0.15, 0.2) is 5.13 Å². The number of nitrogens with one attached hydrogen (secondary N) is 2. The van der Waals surface area contributed by atoms with Gasteiger partial charge in [-0.2, -0.15) is 0 Å². The Bertz CT molecular complexity index is 472. The van der Waals surface area contributed by atoms with Gasteiger partial charge in [-0.05, 0) is 39.5 Å². The van der Waals surface area contributed by atoms with Gasteiger partial charge in [0.2, 0.25) is 0 Å². The average Bonchev–Trinajstić information content (AvgIpc) is 2.93. The fraction of sp³-hybridized carbons (Fsp3) is 0.714. The molecule has 0 aliphatic heterocycles. The van der Waals surface area contributed by atoms with Gasteiger partial charge in [-0.3, -0.25) is 4.79 Å². The van der Waals surface area contributed by atoms with E-state index in [1.54, 1.807) is 0 Å². The van der Waals surface area contributed by atoms with Crippen molar-refractivity contribution in [3.05, 3.63) is 4.88 Å². The standard InChI is InChI=1S/C14H24N4OS/c1-14(2,3)18-13-17-11(15)10(20-13)12(19)16-8-9-6-4-5-7-9/h9H,4-8,15H2,1-3H3,(H,16,19)(H,17,18). The number of rotatable bonds is 4. The fourth-order valence-corrected chi connectivity index (χ4v) is 3.41. The molecule has 0 radical (unpaired) electrons. The number of aromatic nitrogens is 1. The van der Waals surface area contributed by atoms with Crippen molar-refractivity contribution in [3.63, 3.8) is 0 Å². The number of nitrogens with two attached hydrogens (primary N) is 1. The molecular formula is C14H24N4OS. The largest absolute Gasteiger partial charge is 0.382 e. The molecule has 1 fully saturated rings. The number of hydrogen-bond acceptors (Lipinski definition) is 5. The van der Waals surface area contributed by atoms with Crippen LogP contribution in [-0.2, 0) is 0 Å². The summed E-state index contributed by atoms with van der Waals surface area (Å²) in [4.78, 5) is 16.9. The number of amides is 1. The van der Waals surface area contributed by atoms with Crippen molar-refractivity contribution >= 4 is 28.2 Å². The van der Waals surface area contributed by atoms with Crippen molar-refractivity contribution in [1.29, 1.82) is 0 Å². The van der Waals surface area contributed by atoms with Crippen molar-refractivity contribution in [1.82, 2.24) is 10.3 Å². The zero-order valence-electron chi connectivity index (χ0n) is 12.5. The van der Waals surface area contributed by atoms with Crippen LogP contribution in [0.15, 0.2) is 0 Å². The topological polar surface area (TPSA) is 80.0 Å². The first-order chi connectivity index (χ1) is 9.35. The van der Waals surface area contributed by atoms with Crippen LogP contribution in [0, 0.1) is 5.92 Å². The van der Waals surface area contributed by atoms with E-state index in [4.69, 9.17) is 5.73 Å². The molecule has 20 heavy (non-hydrogen) atoms. The zero-order chi connectivity index (χ0) is 14.8. The Hall–Kier alpha value is -1.30. The molecular weight excluding hydrogens is 272 g/mol. The minimum Gasteiger partial charge on any atom is -0.382 e. The Balaban J connectivity index is 1.95. The molecule has 0 atom stereocenters. The van der Waals surface area contributed by atoms with Gasteiger partial charge < -0.3 is 16.4 Å². The van der Waals surface area contributed by atoms with Crippen LogP contribution in [0.25, 0.3) is 0 Å². The molecule has 1 aromatic heterocycles. The van der Waals surface area contributed by atoms with Crippen molar-refractivity contribution in [2.75, 3.05) is 17.6 Å². The van der Waals surface area contributed by atoms with Gasteiger partial charge in [-0.1, -0.05) is 24.2 Å². The van der Waals surface area contributed by atoms with Crippen LogP contribution >= 0.6 is 11.3 Å². The number of carbonyl (C=O) groups is 1. The van der Waals surface area contributed by atoms with E-state index in [1.807, 2.05) is 20.8 Å². The number of hydrogen-bond donors (Lipinski definition) is 3. The van der Waals surface area contributed by atoms with E-state index in [1.165, 1.54) is 37.0 Å². The lowest BCUT2D eigenvalue weighted by atomic mass is 10.1. The number of nitrogens with zero attached hydrogens (tertiary/aromatic N) is 1. The van der Waals surface area contributed by atoms with Crippen LogP contribution in [0.3, 0.4) is 0 Å². The molecule has 0 spiro atoms. The Kier molecular flexibility index (Phi) is 4.52. The summed E-state index contributed by atoms with van der Waals surface area (Å²) in [7, 11) is 0. The zero-order valence-corrected chi connectivity index (χ0v) is 13.3. The quantitative estimate of drug-likeness (QED) is 0.798. The second-order valence-electron chi connectivity index (χ2n) is 6.47. The van der Waals surface area contributed by atoms with Crippen molar-refractivity contribution in [3.8, 4) is 0 Å². The fourth-order valence-electron chi connectivity index (χ4n) is 2.40.